The summed E-state index contributed by atoms with van der Waals surface area (Å²) < 4.78 is 63.5. The van der Waals surface area contributed by atoms with Crippen molar-refractivity contribution in [3.8, 4) is 22.3 Å². The lowest BCUT2D eigenvalue weighted by atomic mass is 9.97. The lowest BCUT2D eigenvalue weighted by Crippen LogP contribution is -1.99. The van der Waals surface area contributed by atoms with Crippen LogP contribution in [0, 0.1) is 30.2 Å². The van der Waals surface area contributed by atoms with E-state index in [2.05, 4.69) is 0 Å². The molecule has 4 aromatic carbocycles. The maximum absolute atomic E-state index is 14.9. The molecule has 4 aromatic rings. The number of halogens is 4. The monoisotopic (exact) mass is 476 g/mol. The second kappa shape index (κ2) is 10.7. The van der Waals surface area contributed by atoms with E-state index in [9.17, 15) is 17.6 Å². The highest BCUT2D eigenvalue weighted by Gasteiger charge is 2.16. The van der Waals surface area contributed by atoms with E-state index in [4.69, 9.17) is 4.74 Å². The van der Waals surface area contributed by atoms with E-state index in [0.29, 0.717) is 23.3 Å². The quantitative estimate of drug-likeness (QED) is 0.192. The molecule has 0 spiro atoms. The van der Waals surface area contributed by atoms with Gasteiger partial charge < -0.3 is 4.74 Å². The van der Waals surface area contributed by atoms with E-state index in [-0.39, 0.29) is 28.9 Å². The fourth-order valence-corrected chi connectivity index (χ4v) is 3.74. The van der Waals surface area contributed by atoms with Gasteiger partial charge in [-0.1, -0.05) is 90.5 Å². The SMILES string of the molecule is CCOCc1ccc(/C=C/c2ccc(-c3ccc(-c4ccc(C)cc4)c(F)c3F)cc2)c(F)c1F. The molecule has 0 aliphatic carbocycles. The average Bonchev–Trinajstić information content (AvgIpc) is 2.87. The molecule has 4 rings (SSSR count). The summed E-state index contributed by atoms with van der Waals surface area (Å²) in [5, 5.41) is 0. The molecule has 35 heavy (non-hydrogen) atoms. The van der Waals surface area contributed by atoms with E-state index in [1.165, 1.54) is 18.2 Å². The van der Waals surface area contributed by atoms with Crippen molar-refractivity contribution in [1.82, 2.24) is 0 Å². The topological polar surface area (TPSA) is 9.23 Å². The second-order valence-corrected chi connectivity index (χ2v) is 8.19. The van der Waals surface area contributed by atoms with Crippen molar-refractivity contribution >= 4 is 12.2 Å². The summed E-state index contributed by atoms with van der Waals surface area (Å²) in [6, 6.07) is 20.0. The van der Waals surface area contributed by atoms with Crippen LogP contribution in [0.3, 0.4) is 0 Å². The maximum Gasteiger partial charge on any atom is 0.167 e. The van der Waals surface area contributed by atoms with Crippen LogP contribution >= 0.6 is 0 Å². The van der Waals surface area contributed by atoms with Crippen LogP contribution in [0.4, 0.5) is 17.6 Å². The minimum absolute atomic E-state index is 0.00780. The fourth-order valence-electron chi connectivity index (χ4n) is 3.74. The van der Waals surface area contributed by atoms with Gasteiger partial charge in [0.05, 0.1) is 6.61 Å². The predicted octanol–water partition coefficient (Wildman–Crippen LogP) is 8.59. The van der Waals surface area contributed by atoms with E-state index >= 15 is 0 Å². The van der Waals surface area contributed by atoms with Gasteiger partial charge >= 0.3 is 0 Å². The van der Waals surface area contributed by atoms with Crippen LogP contribution in [0.2, 0.25) is 0 Å². The first-order valence-electron chi connectivity index (χ1n) is 11.3. The lowest BCUT2D eigenvalue weighted by molar-refractivity contribution is 0.131. The summed E-state index contributed by atoms with van der Waals surface area (Å²) >= 11 is 0. The van der Waals surface area contributed by atoms with Crippen LogP contribution in [-0.2, 0) is 11.3 Å². The van der Waals surface area contributed by atoms with Gasteiger partial charge in [0.25, 0.3) is 0 Å². The van der Waals surface area contributed by atoms with Gasteiger partial charge in [-0.05, 0) is 30.5 Å². The summed E-state index contributed by atoms with van der Waals surface area (Å²) in [7, 11) is 0. The zero-order valence-electron chi connectivity index (χ0n) is 19.4. The summed E-state index contributed by atoms with van der Waals surface area (Å²) in [6.45, 7) is 4.12. The van der Waals surface area contributed by atoms with E-state index in [1.54, 1.807) is 61.5 Å². The summed E-state index contributed by atoms with van der Waals surface area (Å²) in [5.74, 6) is -3.69. The van der Waals surface area contributed by atoms with Crippen LogP contribution < -0.4 is 0 Å². The highest BCUT2D eigenvalue weighted by atomic mass is 19.2. The van der Waals surface area contributed by atoms with Gasteiger partial charge in [-0.25, -0.2) is 17.6 Å². The van der Waals surface area contributed by atoms with Crippen molar-refractivity contribution in [2.75, 3.05) is 6.61 Å². The molecule has 0 aromatic heterocycles. The molecule has 0 saturated heterocycles. The molecule has 0 radical (unpaired) electrons. The molecule has 0 atom stereocenters. The minimum atomic E-state index is -0.943. The van der Waals surface area contributed by atoms with Gasteiger partial charge in [0.1, 0.15) is 0 Å². The molecule has 0 aliphatic rings. The van der Waals surface area contributed by atoms with Crippen LogP contribution in [0.5, 0.6) is 0 Å². The Morgan fingerprint density at radius 2 is 1.20 bits per heavy atom. The highest BCUT2D eigenvalue weighted by molar-refractivity contribution is 5.74. The van der Waals surface area contributed by atoms with Crippen molar-refractivity contribution in [2.45, 2.75) is 20.5 Å². The van der Waals surface area contributed by atoms with E-state index in [1.807, 2.05) is 19.1 Å². The van der Waals surface area contributed by atoms with Gasteiger partial charge in [-0.3, -0.25) is 0 Å². The second-order valence-electron chi connectivity index (χ2n) is 8.19. The molecule has 1 nitrogen and oxygen atoms in total. The third kappa shape index (κ3) is 5.36. The standard InChI is InChI=1S/C30H24F4O/c1-3-35-18-24-15-14-23(27(31)28(24)32)13-8-20-6-11-22(12-7-20)26-17-16-25(29(33)30(26)34)21-9-4-19(2)5-10-21/h4-17H,3,18H2,1-2H3/b13-8+. The van der Waals surface area contributed by atoms with Gasteiger partial charge in [0.15, 0.2) is 23.3 Å². The van der Waals surface area contributed by atoms with Crippen LogP contribution in [-0.4, -0.2) is 6.61 Å². The molecule has 0 aliphatic heterocycles. The Bertz CT molecular complexity index is 1360. The molecule has 0 unspecified atom stereocenters. The van der Waals surface area contributed by atoms with Crippen molar-refractivity contribution < 1.29 is 22.3 Å². The maximum atomic E-state index is 14.9. The van der Waals surface area contributed by atoms with Gasteiger partial charge in [-0.15, -0.1) is 0 Å². The Hall–Kier alpha value is -3.70. The van der Waals surface area contributed by atoms with Gasteiger partial charge in [-0.2, -0.15) is 0 Å². The Morgan fingerprint density at radius 1 is 0.629 bits per heavy atom. The van der Waals surface area contributed by atoms with Crippen molar-refractivity contribution in [3.05, 3.63) is 118 Å². The Balaban J connectivity index is 1.54. The molecular formula is C30H24F4O. The number of rotatable bonds is 7. The van der Waals surface area contributed by atoms with Crippen LogP contribution in [0.1, 0.15) is 29.2 Å². The first-order chi connectivity index (χ1) is 16.9. The van der Waals surface area contributed by atoms with E-state index < -0.39 is 23.3 Å². The molecular weight excluding hydrogens is 452 g/mol. The number of hydrogen-bond acceptors (Lipinski definition) is 1. The predicted molar refractivity (Wildman–Crippen MR) is 133 cm³/mol. The normalized spacial score (nSPS) is 11.4. The number of benzene rings is 4. The Morgan fingerprint density at radius 3 is 1.77 bits per heavy atom. The van der Waals surface area contributed by atoms with E-state index in [0.717, 1.165) is 5.56 Å². The summed E-state index contributed by atoms with van der Waals surface area (Å²) in [6.07, 6.45) is 3.09. The first-order valence-corrected chi connectivity index (χ1v) is 11.3. The molecule has 178 valence electrons. The number of ether oxygens (including phenoxy) is 1. The van der Waals surface area contributed by atoms with Crippen LogP contribution in [0.25, 0.3) is 34.4 Å². The third-order valence-electron chi connectivity index (χ3n) is 5.78. The molecule has 0 heterocycles. The van der Waals surface area contributed by atoms with Gasteiger partial charge in [0, 0.05) is 28.9 Å². The average molecular weight is 477 g/mol. The molecule has 0 fully saturated rings. The molecule has 0 amide bonds. The molecule has 0 saturated carbocycles. The summed E-state index contributed by atoms with van der Waals surface area (Å²) in [5.41, 5.74) is 3.45. The van der Waals surface area contributed by atoms with Crippen molar-refractivity contribution in [2.24, 2.45) is 0 Å². The highest BCUT2D eigenvalue weighted by Crippen LogP contribution is 2.32. The fraction of sp³-hybridized carbons (Fsp3) is 0.133. The molecule has 0 N–H and O–H groups in total. The number of aryl methyl sites for hydroxylation is 1. The minimum Gasteiger partial charge on any atom is -0.377 e. The van der Waals surface area contributed by atoms with Crippen molar-refractivity contribution in [3.63, 3.8) is 0 Å². The van der Waals surface area contributed by atoms with Crippen molar-refractivity contribution in [1.29, 1.82) is 0 Å². The Kier molecular flexibility index (Phi) is 7.47. The lowest BCUT2D eigenvalue weighted by Gasteiger charge is -2.10. The molecule has 0 bridgehead atoms. The summed E-state index contributed by atoms with van der Waals surface area (Å²) in [4.78, 5) is 0. The molecule has 5 heteroatoms. The first kappa shape index (κ1) is 24.4. The number of hydrogen-bond donors (Lipinski definition) is 0. The zero-order valence-corrected chi connectivity index (χ0v) is 19.4. The zero-order chi connectivity index (χ0) is 24.9. The largest absolute Gasteiger partial charge is 0.377 e. The smallest absolute Gasteiger partial charge is 0.167 e. The van der Waals surface area contributed by atoms with Gasteiger partial charge in [0.2, 0.25) is 0 Å². The van der Waals surface area contributed by atoms with Crippen LogP contribution in [0.15, 0.2) is 72.8 Å². The Labute approximate surface area is 202 Å². The third-order valence-corrected chi connectivity index (χ3v) is 5.78.